The Labute approximate surface area is 106 Å². The number of thioether (sulfide) groups is 1. The van der Waals surface area contributed by atoms with E-state index in [-0.39, 0.29) is 23.7 Å². The molecule has 2 atom stereocenters. The molecule has 0 aliphatic carbocycles. The maximum absolute atomic E-state index is 11.9. The lowest BCUT2D eigenvalue weighted by Crippen LogP contribution is -2.36. The van der Waals surface area contributed by atoms with Crippen molar-refractivity contribution < 1.29 is 9.90 Å². The minimum absolute atomic E-state index is 0.0155. The SMILES string of the molecule is CC(CO)CNC(=O)C1Cc2ccccc2S1. The van der Waals surface area contributed by atoms with Gasteiger partial charge in [-0.1, -0.05) is 25.1 Å². The number of hydrogen-bond acceptors (Lipinski definition) is 3. The maximum Gasteiger partial charge on any atom is 0.233 e. The van der Waals surface area contributed by atoms with Crippen molar-refractivity contribution in [1.82, 2.24) is 5.32 Å². The molecule has 1 aromatic rings. The molecule has 1 aliphatic rings. The number of nitrogens with one attached hydrogen (secondary N) is 1. The average molecular weight is 251 g/mol. The normalized spacial score (nSPS) is 19.8. The highest BCUT2D eigenvalue weighted by molar-refractivity contribution is 8.01. The quantitative estimate of drug-likeness (QED) is 0.851. The van der Waals surface area contributed by atoms with E-state index in [0.29, 0.717) is 6.54 Å². The first-order valence-electron chi connectivity index (χ1n) is 5.84. The standard InChI is InChI=1S/C13H17NO2S/c1-9(8-15)7-14-13(16)12-6-10-4-2-3-5-11(10)17-12/h2-5,9,12,15H,6-8H2,1H3,(H,14,16). The fourth-order valence-electron chi connectivity index (χ4n) is 1.78. The van der Waals surface area contributed by atoms with Crippen molar-refractivity contribution in [2.75, 3.05) is 13.2 Å². The third-order valence-electron chi connectivity index (χ3n) is 2.88. The summed E-state index contributed by atoms with van der Waals surface area (Å²) in [5.74, 6) is 0.194. The summed E-state index contributed by atoms with van der Waals surface area (Å²) >= 11 is 1.63. The second-order valence-electron chi connectivity index (χ2n) is 4.45. The van der Waals surface area contributed by atoms with Crippen LogP contribution in [0.1, 0.15) is 12.5 Å². The van der Waals surface area contributed by atoms with Gasteiger partial charge in [0.25, 0.3) is 0 Å². The fraction of sp³-hybridized carbons (Fsp3) is 0.462. The van der Waals surface area contributed by atoms with Crippen LogP contribution in [0, 0.1) is 5.92 Å². The van der Waals surface area contributed by atoms with Crippen molar-refractivity contribution >= 4 is 17.7 Å². The largest absolute Gasteiger partial charge is 0.396 e. The van der Waals surface area contributed by atoms with Crippen LogP contribution in [0.3, 0.4) is 0 Å². The Bertz CT molecular complexity index is 383. The molecule has 0 fully saturated rings. The Morgan fingerprint density at radius 2 is 2.35 bits per heavy atom. The van der Waals surface area contributed by atoms with Gasteiger partial charge in [-0.15, -0.1) is 11.8 Å². The number of aliphatic hydroxyl groups is 1. The first-order valence-corrected chi connectivity index (χ1v) is 6.72. The third kappa shape index (κ3) is 3.01. The molecular weight excluding hydrogens is 234 g/mol. The predicted molar refractivity (Wildman–Crippen MR) is 69.1 cm³/mol. The maximum atomic E-state index is 11.9. The highest BCUT2D eigenvalue weighted by Crippen LogP contribution is 2.36. The molecule has 2 unspecified atom stereocenters. The van der Waals surface area contributed by atoms with E-state index in [1.807, 2.05) is 19.1 Å². The number of aliphatic hydroxyl groups excluding tert-OH is 1. The van der Waals surface area contributed by atoms with E-state index in [1.54, 1.807) is 11.8 Å². The van der Waals surface area contributed by atoms with E-state index in [2.05, 4.69) is 17.4 Å². The molecular formula is C13H17NO2S. The molecule has 0 bridgehead atoms. The van der Waals surface area contributed by atoms with E-state index >= 15 is 0 Å². The van der Waals surface area contributed by atoms with Gasteiger partial charge in [0.1, 0.15) is 0 Å². The van der Waals surface area contributed by atoms with Gasteiger partial charge in [-0.05, 0) is 24.0 Å². The lowest BCUT2D eigenvalue weighted by Gasteiger charge is -2.12. The molecule has 1 amide bonds. The van der Waals surface area contributed by atoms with Crippen molar-refractivity contribution in [3.8, 4) is 0 Å². The minimum Gasteiger partial charge on any atom is -0.396 e. The van der Waals surface area contributed by atoms with Crippen LogP contribution in [-0.4, -0.2) is 29.4 Å². The molecule has 0 saturated heterocycles. The first kappa shape index (κ1) is 12.5. The topological polar surface area (TPSA) is 49.3 Å². The van der Waals surface area contributed by atoms with Crippen LogP contribution in [0.15, 0.2) is 29.2 Å². The van der Waals surface area contributed by atoms with Crippen LogP contribution >= 0.6 is 11.8 Å². The van der Waals surface area contributed by atoms with Crippen LogP contribution in [0.5, 0.6) is 0 Å². The van der Waals surface area contributed by atoms with Crippen LogP contribution in [-0.2, 0) is 11.2 Å². The Kier molecular flexibility index (Phi) is 4.07. The summed E-state index contributed by atoms with van der Waals surface area (Å²) in [5.41, 5.74) is 1.26. The van der Waals surface area contributed by atoms with Crippen LogP contribution in [0.25, 0.3) is 0 Å². The van der Waals surface area contributed by atoms with Gasteiger partial charge < -0.3 is 10.4 Å². The molecule has 92 valence electrons. The summed E-state index contributed by atoms with van der Waals surface area (Å²) in [6.07, 6.45) is 0.806. The number of carbonyl (C=O) groups excluding carboxylic acids is 1. The molecule has 1 aromatic carbocycles. The molecule has 3 nitrogen and oxygen atoms in total. The van der Waals surface area contributed by atoms with Gasteiger partial charge in [0, 0.05) is 18.0 Å². The van der Waals surface area contributed by atoms with Crippen molar-refractivity contribution in [3.63, 3.8) is 0 Å². The fourth-order valence-corrected chi connectivity index (χ4v) is 3.00. The Morgan fingerprint density at radius 1 is 1.59 bits per heavy atom. The number of amides is 1. The summed E-state index contributed by atoms with van der Waals surface area (Å²) in [6, 6.07) is 8.14. The zero-order chi connectivity index (χ0) is 12.3. The number of rotatable bonds is 4. The van der Waals surface area contributed by atoms with Crippen molar-refractivity contribution in [3.05, 3.63) is 29.8 Å². The lowest BCUT2D eigenvalue weighted by atomic mass is 10.1. The highest BCUT2D eigenvalue weighted by Gasteiger charge is 2.27. The molecule has 0 radical (unpaired) electrons. The number of hydrogen-bond donors (Lipinski definition) is 2. The van der Waals surface area contributed by atoms with Gasteiger partial charge in [0.15, 0.2) is 0 Å². The number of carbonyl (C=O) groups is 1. The summed E-state index contributed by atoms with van der Waals surface area (Å²) in [5, 5.41) is 11.8. The van der Waals surface area contributed by atoms with Crippen LogP contribution in [0.2, 0.25) is 0 Å². The third-order valence-corrected chi connectivity index (χ3v) is 4.19. The minimum atomic E-state index is -0.0155. The van der Waals surface area contributed by atoms with Crippen molar-refractivity contribution in [1.29, 1.82) is 0 Å². The predicted octanol–water partition coefficient (Wildman–Crippen LogP) is 1.45. The summed E-state index contributed by atoms with van der Waals surface area (Å²) in [6.45, 7) is 2.57. The lowest BCUT2D eigenvalue weighted by molar-refractivity contribution is -0.120. The van der Waals surface area contributed by atoms with E-state index in [0.717, 1.165) is 6.42 Å². The molecule has 2 N–H and O–H groups in total. The van der Waals surface area contributed by atoms with Gasteiger partial charge in [-0.25, -0.2) is 0 Å². The van der Waals surface area contributed by atoms with Crippen molar-refractivity contribution in [2.45, 2.75) is 23.5 Å². The van der Waals surface area contributed by atoms with Gasteiger partial charge in [-0.3, -0.25) is 4.79 Å². The molecule has 0 aromatic heterocycles. The van der Waals surface area contributed by atoms with E-state index in [9.17, 15) is 4.79 Å². The molecule has 4 heteroatoms. The molecule has 1 heterocycles. The number of benzene rings is 1. The highest BCUT2D eigenvalue weighted by atomic mass is 32.2. The van der Waals surface area contributed by atoms with Crippen molar-refractivity contribution in [2.24, 2.45) is 5.92 Å². The van der Waals surface area contributed by atoms with E-state index in [4.69, 9.17) is 5.11 Å². The molecule has 1 aliphatic heterocycles. The first-order chi connectivity index (χ1) is 8.20. The second kappa shape index (κ2) is 5.56. The average Bonchev–Trinajstić information content (AvgIpc) is 2.79. The van der Waals surface area contributed by atoms with E-state index in [1.165, 1.54) is 10.5 Å². The number of fused-ring (bicyclic) bond motifs is 1. The van der Waals surface area contributed by atoms with Gasteiger partial charge in [0.05, 0.1) is 5.25 Å². The van der Waals surface area contributed by atoms with E-state index < -0.39 is 0 Å². The molecule has 0 spiro atoms. The molecule has 2 rings (SSSR count). The Balaban J connectivity index is 1.88. The van der Waals surface area contributed by atoms with Gasteiger partial charge in [-0.2, -0.15) is 0 Å². The second-order valence-corrected chi connectivity index (χ2v) is 5.70. The van der Waals surface area contributed by atoms with Gasteiger partial charge in [0.2, 0.25) is 5.91 Å². The van der Waals surface area contributed by atoms with Crippen LogP contribution < -0.4 is 5.32 Å². The molecule has 17 heavy (non-hydrogen) atoms. The zero-order valence-corrected chi connectivity index (χ0v) is 10.7. The summed E-state index contributed by atoms with van der Waals surface area (Å²) in [4.78, 5) is 13.1. The summed E-state index contributed by atoms with van der Waals surface area (Å²) in [7, 11) is 0. The van der Waals surface area contributed by atoms with Gasteiger partial charge >= 0.3 is 0 Å². The summed E-state index contributed by atoms with van der Waals surface area (Å²) < 4.78 is 0. The Hall–Kier alpha value is -1.00. The molecule has 0 saturated carbocycles. The zero-order valence-electron chi connectivity index (χ0n) is 9.85. The monoisotopic (exact) mass is 251 g/mol. The Morgan fingerprint density at radius 3 is 3.06 bits per heavy atom. The smallest absolute Gasteiger partial charge is 0.233 e. The van der Waals surface area contributed by atoms with Crippen LogP contribution in [0.4, 0.5) is 0 Å².